The van der Waals surface area contributed by atoms with Crippen LogP contribution in [0.5, 0.6) is 0 Å². The van der Waals surface area contributed by atoms with Gasteiger partial charge in [-0.2, -0.15) is 0 Å². The van der Waals surface area contributed by atoms with Crippen LogP contribution in [0.1, 0.15) is 0 Å². The molecule has 0 heterocycles. The van der Waals surface area contributed by atoms with Gasteiger partial charge in [0.15, 0.2) is 0 Å². The Bertz CT molecular complexity index is 13.5. The molecule has 21 valence electrons. The van der Waals surface area contributed by atoms with Gasteiger partial charge in [-0.25, -0.2) is 0 Å². The molecule has 0 aromatic carbocycles. The van der Waals surface area contributed by atoms with Crippen molar-refractivity contribution in [3.05, 3.63) is 12.6 Å². The standard InChI is InChI=1S/C2H4B.Pb.2H/c1-2-3;;;/h1-2H,3H2;;;. The van der Waals surface area contributed by atoms with E-state index < -0.39 is 0 Å². The summed E-state index contributed by atoms with van der Waals surface area (Å²) >= 11 is 0. The van der Waals surface area contributed by atoms with E-state index in [-0.39, 0.29) is 27.3 Å². The predicted octanol–water partition coefficient (Wildman–Crippen LogP) is -1.35. The third-order valence-corrected chi connectivity index (χ3v) is 0. The molecule has 0 aromatic heterocycles. The molecule has 0 nitrogen and oxygen atoms in total. The molecule has 0 aliphatic heterocycles. The Kier molecular flexibility index (Phi) is 20.5. The van der Waals surface area contributed by atoms with E-state index in [1.54, 1.807) is 7.85 Å². The molecule has 3 radical (unpaired) electrons. The molecule has 0 aliphatic rings. The monoisotopic (exact) mass is 249 g/mol. The minimum atomic E-state index is 0. The Labute approximate surface area is 47.8 Å². The van der Waals surface area contributed by atoms with Crippen LogP contribution in [0.2, 0.25) is 0 Å². The molecule has 0 saturated heterocycles. The Morgan fingerprint density at radius 2 is 1.75 bits per heavy atom. The zero-order chi connectivity index (χ0) is 2.71. The fraction of sp³-hybridized carbons (Fsp3) is 0. The van der Waals surface area contributed by atoms with Crippen LogP contribution >= 0.6 is 0 Å². The Hall–Kier alpha value is 0.727. The van der Waals surface area contributed by atoms with E-state index in [2.05, 4.69) is 0 Å². The van der Waals surface area contributed by atoms with Crippen molar-refractivity contribution < 1.29 is 0 Å². The molecule has 0 unspecified atom stereocenters. The van der Waals surface area contributed by atoms with Gasteiger partial charge in [0, 0.05) is 0 Å². The zero-order valence-corrected chi connectivity index (χ0v) is 8.36. The Balaban J connectivity index is 0. The van der Waals surface area contributed by atoms with Crippen LogP contribution in [0.15, 0.2) is 5.98 Å². The number of hydrogen-bond donors (Lipinski definition) is 0. The van der Waals surface area contributed by atoms with Gasteiger partial charge in [0.2, 0.25) is 0 Å². The number of rotatable bonds is 0. The van der Waals surface area contributed by atoms with Gasteiger partial charge in [-0.3, -0.25) is 0 Å². The quantitative estimate of drug-likeness (QED) is 0.465. The first-order chi connectivity index (χ1) is 1.41. The van der Waals surface area contributed by atoms with E-state index in [1.165, 1.54) is 5.98 Å². The van der Waals surface area contributed by atoms with Gasteiger partial charge in [0.25, 0.3) is 0 Å². The second kappa shape index (κ2) is 9.29. The summed E-state index contributed by atoms with van der Waals surface area (Å²) in [6, 6.07) is 0. The molecule has 2 heteroatoms. The molecule has 0 rings (SSSR count). The maximum absolute atomic E-state index is 4.72. The summed E-state index contributed by atoms with van der Waals surface area (Å²) in [6.07, 6.45) is 0. The van der Waals surface area contributed by atoms with Gasteiger partial charge in [-0.05, 0) is 0 Å². The normalized spacial score (nSPS) is 3.00. The van der Waals surface area contributed by atoms with E-state index in [9.17, 15) is 0 Å². The van der Waals surface area contributed by atoms with Crippen molar-refractivity contribution in [1.29, 1.82) is 0 Å². The van der Waals surface area contributed by atoms with E-state index >= 15 is 0 Å². The summed E-state index contributed by atoms with van der Waals surface area (Å²) in [5.74, 6) is 1.50. The van der Waals surface area contributed by atoms with Crippen molar-refractivity contribution in [2.75, 3.05) is 0 Å². The van der Waals surface area contributed by atoms with Crippen molar-refractivity contribution >= 4 is 35.1 Å². The van der Waals surface area contributed by atoms with Crippen LogP contribution in [-0.2, 0) is 0 Å². The maximum atomic E-state index is 4.72. The summed E-state index contributed by atoms with van der Waals surface area (Å²) in [5, 5.41) is 0. The Morgan fingerprint density at radius 1 is 1.75 bits per heavy atom. The zero-order valence-electron chi connectivity index (χ0n) is 2.86. The van der Waals surface area contributed by atoms with Gasteiger partial charge in [-0.15, -0.1) is 5.98 Å². The van der Waals surface area contributed by atoms with Crippen LogP contribution in [0.3, 0.4) is 0 Å². The summed E-state index contributed by atoms with van der Waals surface area (Å²) in [5.41, 5.74) is 0. The minimum absolute atomic E-state index is 0. The molecular formula is C2H6BPb. The Morgan fingerprint density at radius 3 is 1.75 bits per heavy atom. The fourth-order valence-electron chi connectivity index (χ4n) is 0. The van der Waals surface area contributed by atoms with E-state index in [4.69, 9.17) is 6.58 Å². The summed E-state index contributed by atoms with van der Waals surface area (Å²) < 4.78 is 0. The third-order valence-electron chi connectivity index (χ3n) is 0. The summed E-state index contributed by atoms with van der Waals surface area (Å²) in [4.78, 5) is 0. The van der Waals surface area contributed by atoms with Gasteiger partial charge in [0.05, 0.1) is 0 Å². The van der Waals surface area contributed by atoms with Gasteiger partial charge in [-0.1, -0.05) is 6.58 Å². The first kappa shape index (κ1) is 8.83. The molecule has 0 atom stereocenters. The first-order valence-corrected chi connectivity index (χ1v) is 0.911. The summed E-state index contributed by atoms with van der Waals surface area (Å²) in [6.45, 7) is 4.72. The second-order valence-corrected chi connectivity index (χ2v) is 0.333. The van der Waals surface area contributed by atoms with E-state index in [1.807, 2.05) is 0 Å². The fourth-order valence-corrected chi connectivity index (χ4v) is 0. The van der Waals surface area contributed by atoms with Crippen LogP contribution in [-0.4, -0.2) is 35.1 Å². The predicted molar refractivity (Wildman–Crippen MR) is 26.0 cm³/mol. The molecule has 0 aliphatic carbocycles. The molecule has 0 fully saturated rings. The summed E-state index contributed by atoms with van der Waals surface area (Å²) in [7, 11) is 1.78. The molecule has 4 heavy (non-hydrogen) atoms. The average Bonchev–Trinajstić information content (AvgIpc) is 0.918. The van der Waals surface area contributed by atoms with Crippen molar-refractivity contribution in [1.82, 2.24) is 0 Å². The molecular weight excluding hydrogens is 242 g/mol. The second-order valence-electron chi connectivity index (χ2n) is 0.333. The topological polar surface area (TPSA) is 0 Å². The van der Waals surface area contributed by atoms with E-state index in [0.29, 0.717) is 0 Å². The molecule has 0 bridgehead atoms. The third kappa shape index (κ3) is 15.4. The average molecular weight is 248 g/mol. The van der Waals surface area contributed by atoms with E-state index in [0.717, 1.165) is 0 Å². The number of hydrogen-bond acceptors (Lipinski definition) is 0. The van der Waals surface area contributed by atoms with Crippen molar-refractivity contribution in [2.45, 2.75) is 0 Å². The molecule has 0 spiro atoms. The van der Waals surface area contributed by atoms with Crippen LogP contribution in [0, 0.1) is 6.58 Å². The van der Waals surface area contributed by atoms with Gasteiger partial charge >= 0.3 is 27.3 Å². The van der Waals surface area contributed by atoms with Crippen molar-refractivity contribution in [3.63, 3.8) is 0 Å². The molecule has 0 N–H and O–H groups in total. The van der Waals surface area contributed by atoms with Crippen LogP contribution in [0.25, 0.3) is 0 Å². The molecule has 0 saturated carbocycles. The van der Waals surface area contributed by atoms with Crippen LogP contribution in [0.4, 0.5) is 0 Å². The van der Waals surface area contributed by atoms with Gasteiger partial charge < -0.3 is 0 Å². The van der Waals surface area contributed by atoms with Gasteiger partial charge in [0.1, 0.15) is 7.85 Å². The first-order valence-electron chi connectivity index (χ1n) is 0.911. The van der Waals surface area contributed by atoms with Crippen LogP contribution < -0.4 is 0 Å². The van der Waals surface area contributed by atoms with Crippen molar-refractivity contribution in [3.8, 4) is 0 Å². The van der Waals surface area contributed by atoms with Crippen molar-refractivity contribution in [2.24, 2.45) is 0 Å². The SMILES string of the molecule is BC=[CH].[PbH2]. The molecule has 0 aromatic rings. The molecule has 0 amide bonds.